The average Bonchev–Trinajstić information content (AvgIpc) is 2.27. The van der Waals surface area contributed by atoms with Gasteiger partial charge in [0.25, 0.3) is 0 Å². The molecule has 0 fully saturated rings. The van der Waals surface area contributed by atoms with E-state index in [2.05, 4.69) is 35.1 Å². The van der Waals surface area contributed by atoms with E-state index in [4.69, 9.17) is 5.73 Å². The first kappa shape index (κ1) is 15.4. The van der Waals surface area contributed by atoms with Crippen LogP contribution in [-0.2, 0) is 4.79 Å². The second-order valence-electron chi connectivity index (χ2n) is 4.50. The zero-order valence-electron chi connectivity index (χ0n) is 10.7. The topological polar surface area (TPSA) is 55.1 Å². The van der Waals surface area contributed by atoms with Crippen LogP contribution in [0.25, 0.3) is 0 Å². The number of hydrogen-bond donors (Lipinski definition) is 2. The first-order chi connectivity index (χ1) is 8.49. The lowest BCUT2D eigenvalue weighted by atomic mass is 10.1. The van der Waals surface area contributed by atoms with Crippen LogP contribution in [0.4, 0.5) is 5.69 Å². The van der Waals surface area contributed by atoms with Gasteiger partial charge in [0.1, 0.15) is 0 Å². The molecule has 0 atom stereocenters. The summed E-state index contributed by atoms with van der Waals surface area (Å²) in [6.45, 7) is 5.03. The Hall–Kier alpha value is -0.680. The van der Waals surface area contributed by atoms with E-state index in [1.807, 2.05) is 18.2 Å². The number of carbonyl (C=O) groups excluding carboxylic acids is 1. The molecule has 0 aliphatic heterocycles. The van der Waals surface area contributed by atoms with Crippen molar-refractivity contribution in [1.29, 1.82) is 0 Å². The number of thioether (sulfide) groups is 1. The molecule has 3 N–H and O–H groups in total. The number of nitrogens with one attached hydrogen (secondary N) is 1. The Labute approximate surface area is 121 Å². The third-order valence-electron chi connectivity index (χ3n) is 2.37. The Morgan fingerprint density at radius 2 is 2.22 bits per heavy atom. The Kier molecular flexibility index (Phi) is 6.57. The smallest absolute Gasteiger partial charge is 0.230 e. The Bertz CT molecular complexity index is 410. The lowest BCUT2D eigenvalue weighted by Crippen LogP contribution is -2.26. The van der Waals surface area contributed by atoms with Gasteiger partial charge in [-0.15, -0.1) is 11.8 Å². The van der Waals surface area contributed by atoms with E-state index in [0.717, 1.165) is 22.3 Å². The SMILES string of the molecule is CC(C)CCNC(=O)CSc1ccc(Br)cc1N. The fourth-order valence-electron chi connectivity index (χ4n) is 1.35. The Morgan fingerprint density at radius 1 is 1.50 bits per heavy atom. The second kappa shape index (κ2) is 7.69. The second-order valence-corrected chi connectivity index (χ2v) is 6.44. The predicted molar refractivity (Wildman–Crippen MR) is 81.7 cm³/mol. The molecule has 1 aromatic rings. The average molecular weight is 331 g/mol. The van der Waals surface area contributed by atoms with Crippen LogP contribution in [0.15, 0.2) is 27.6 Å². The van der Waals surface area contributed by atoms with Crippen LogP contribution < -0.4 is 11.1 Å². The molecule has 0 unspecified atom stereocenters. The molecule has 0 radical (unpaired) electrons. The molecule has 0 bridgehead atoms. The molecule has 0 saturated carbocycles. The molecule has 0 aliphatic carbocycles. The van der Waals surface area contributed by atoms with E-state index in [0.29, 0.717) is 17.4 Å². The number of halogens is 1. The van der Waals surface area contributed by atoms with Crippen LogP contribution in [0.1, 0.15) is 20.3 Å². The highest BCUT2D eigenvalue weighted by molar-refractivity contribution is 9.10. The lowest BCUT2D eigenvalue weighted by Gasteiger charge is -2.08. The van der Waals surface area contributed by atoms with E-state index < -0.39 is 0 Å². The van der Waals surface area contributed by atoms with E-state index in [1.165, 1.54) is 11.8 Å². The molecular formula is C13H19BrN2OS. The standard InChI is InChI=1S/C13H19BrN2OS/c1-9(2)5-6-16-13(17)8-18-12-4-3-10(14)7-11(12)15/h3-4,7,9H,5-6,8,15H2,1-2H3,(H,16,17). The first-order valence-electron chi connectivity index (χ1n) is 5.93. The van der Waals surface area contributed by atoms with Gasteiger partial charge in [0.2, 0.25) is 5.91 Å². The highest BCUT2D eigenvalue weighted by Gasteiger charge is 2.05. The quantitative estimate of drug-likeness (QED) is 0.621. The highest BCUT2D eigenvalue weighted by atomic mass is 79.9. The summed E-state index contributed by atoms with van der Waals surface area (Å²) in [6.07, 6.45) is 1.01. The zero-order chi connectivity index (χ0) is 13.5. The lowest BCUT2D eigenvalue weighted by molar-refractivity contribution is -0.118. The predicted octanol–water partition coefficient (Wildman–Crippen LogP) is 3.29. The molecule has 3 nitrogen and oxygen atoms in total. The van der Waals surface area contributed by atoms with Crippen molar-refractivity contribution in [2.24, 2.45) is 5.92 Å². The fraction of sp³-hybridized carbons (Fsp3) is 0.462. The molecule has 0 heterocycles. The molecule has 1 rings (SSSR count). The minimum absolute atomic E-state index is 0.0583. The number of carbonyl (C=O) groups is 1. The van der Waals surface area contributed by atoms with Crippen molar-refractivity contribution in [3.05, 3.63) is 22.7 Å². The van der Waals surface area contributed by atoms with Gasteiger partial charge in [0, 0.05) is 21.6 Å². The van der Waals surface area contributed by atoms with Gasteiger partial charge in [-0.25, -0.2) is 0 Å². The largest absolute Gasteiger partial charge is 0.398 e. The number of anilines is 1. The minimum atomic E-state index is 0.0583. The normalized spacial score (nSPS) is 10.7. The van der Waals surface area contributed by atoms with Gasteiger partial charge in [-0.05, 0) is 30.5 Å². The minimum Gasteiger partial charge on any atom is -0.398 e. The molecule has 1 amide bonds. The molecule has 1 aromatic carbocycles. The Morgan fingerprint density at radius 3 is 2.83 bits per heavy atom. The van der Waals surface area contributed by atoms with Gasteiger partial charge in [0.15, 0.2) is 0 Å². The van der Waals surface area contributed by atoms with Crippen molar-refractivity contribution in [1.82, 2.24) is 5.32 Å². The molecule has 0 spiro atoms. The Balaban J connectivity index is 2.33. The molecule has 0 saturated heterocycles. The van der Waals surface area contributed by atoms with Crippen molar-refractivity contribution in [2.45, 2.75) is 25.2 Å². The van der Waals surface area contributed by atoms with Crippen LogP contribution in [0, 0.1) is 5.92 Å². The third-order valence-corrected chi connectivity index (χ3v) is 3.96. The van der Waals surface area contributed by atoms with Gasteiger partial charge in [-0.3, -0.25) is 4.79 Å². The van der Waals surface area contributed by atoms with Crippen LogP contribution in [0.2, 0.25) is 0 Å². The number of nitrogen functional groups attached to an aromatic ring is 1. The third kappa shape index (κ3) is 5.78. The van der Waals surface area contributed by atoms with Gasteiger partial charge < -0.3 is 11.1 Å². The summed E-state index contributed by atoms with van der Waals surface area (Å²) in [5.74, 6) is 1.08. The van der Waals surface area contributed by atoms with E-state index >= 15 is 0 Å². The molecule has 18 heavy (non-hydrogen) atoms. The summed E-state index contributed by atoms with van der Waals surface area (Å²) in [6, 6.07) is 5.69. The van der Waals surface area contributed by atoms with Gasteiger partial charge in [-0.2, -0.15) is 0 Å². The molecular weight excluding hydrogens is 312 g/mol. The highest BCUT2D eigenvalue weighted by Crippen LogP contribution is 2.27. The summed E-state index contributed by atoms with van der Waals surface area (Å²) in [4.78, 5) is 12.5. The van der Waals surface area contributed by atoms with Crippen LogP contribution in [0.3, 0.4) is 0 Å². The van der Waals surface area contributed by atoms with Gasteiger partial charge in [0.05, 0.1) is 5.75 Å². The molecule has 5 heteroatoms. The summed E-state index contributed by atoms with van der Waals surface area (Å²) in [5.41, 5.74) is 6.56. The van der Waals surface area contributed by atoms with Crippen molar-refractivity contribution >= 4 is 39.3 Å². The van der Waals surface area contributed by atoms with Crippen LogP contribution in [0.5, 0.6) is 0 Å². The summed E-state index contributed by atoms with van der Waals surface area (Å²) in [5, 5.41) is 2.91. The van der Waals surface area contributed by atoms with Crippen molar-refractivity contribution in [2.75, 3.05) is 18.0 Å². The molecule has 100 valence electrons. The van der Waals surface area contributed by atoms with Gasteiger partial charge in [-0.1, -0.05) is 29.8 Å². The summed E-state index contributed by atoms with van der Waals surface area (Å²) < 4.78 is 0.950. The maximum absolute atomic E-state index is 11.6. The summed E-state index contributed by atoms with van der Waals surface area (Å²) >= 11 is 4.82. The zero-order valence-corrected chi connectivity index (χ0v) is 13.1. The number of nitrogens with two attached hydrogens (primary N) is 1. The van der Waals surface area contributed by atoms with E-state index in [1.54, 1.807) is 0 Å². The number of amides is 1. The number of hydrogen-bond acceptors (Lipinski definition) is 3. The summed E-state index contributed by atoms with van der Waals surface area (Å²) in [7, 11) is 0. The van der Waals surface area contributed by atoms with Crippen LogP contribution >= 0.6 is 27.7 Å². The maximum atomic E-state index is 11.6. The number of benzene rings is 1. The van der Waals surface area contributed by atoms with Crippen molar-refractivity contribution in [3.8, 4) is 0 Å². The molecule has 0 aliphatic rings. The first-order valence-corrected chi connectivity index (χ1v) is 7.71. The van der Waals surface area contributed by atoms with Crippen molar-refractivity contribution in [3.63, 3.8) is 0 Å². The van der Waals surface area contributed by atoms with Gasteiger partial charge >= 0.3 is 0 Å². The fourth-order valence-corrected chi connectivity index (χ4v) is 2.50. The number of rotatable bonds is 6. The molecule has 0 aromatic heterocycles. The van der Waals surface area contributed by atoms with Crippen molar-refractivity contribution < 1.29 is 4.79 Å². The monoisotopic (exact) mass is 330 g/mol. The maximum Gasteiger partial charge on any atom is 0.230 e. The van der Waals surface area contributed by atoms with Crippen LogP contribution in [-0.4, -0.2) is 18.2 Å². The van der Waals surface area contributed by atoms with E-state index in [-0.39, 0.29) is 5.91 Å². The van der Waals surface area contributed by atoms with E-state index in [9.17, 15) is 4.79 Å².